The van der Waals surface area contributed by atoms with Crippen LogP contribution in [0, 0.1) is 0 Å². The summed E-state index contributed by atoms with van der Waals surface area (Å²) in [6, 6.07) is 18.1. The maximum Gasteiger partial charge on any atom is 0.177 e. The van der Waals surface area contributed by atoms with Crippen molar-refractivity contribution in [3.8, 4) is 0 Å². The van der Waals surface area contributed by atoms with Gasteiger partial charge in [0.15, 0.2) is 18.9 Å². The lowest BCUT2D eigenvalue weighted by molar-refractivity contribution is -0.704. The van der Waals surface area contributed by atoms with Crippen molar-refractivity contribution in [1.82, 2.24) is 4.57 Å². The highest BCUT2D eigenvalue weighted by Gasteiger charge is 2.24. The first-order valence-corrected chi connectivity index (χ1v) is 9.89. The number of benzene rings is 2. The van der Waals surface area contributed by atoms with Crippen LogP contribution in [-0.2, 0) is 6.54 Å². The van der Waals surface area contributed by atoms with Crippen LogP contribution in [0.15, 0.2) is 75.9 Å². The Morgan fingerprint density at radius 2 is 1.46 bits per heavy atom. The Morgan fingerprint density at radius 3 is 2.00 bits per heavy atom. The SMILES string of the molecule is NC(C(O)C[n+]1ccccc1)n1c2ccc(Br)cc2c2cc(Br)ccc21. The van der Waals surface area contributed by atoms with Crippen molar-refractivity contribution in [2.75, 3.05) is 0 Å². The van der Waals surface area contributed by atoms with Crippen molar-refractivity contribution in [2.24, 2.45) is 5.73 Å². The van der Waals surface area contributed by atoms with Crippen LogP contribution >= 0.6 is 31.9 Å². The van der Waals surface area contributed by atoms with Gasteiger partial charge in [0.2, 0.25) is 0 Å². The maximum atomic E-state index is 10.8. The monoisotopic (exact) mass is 474 g/mol. The van der Waals surface area contributed by atoms with Gasteiger partial charge in [0, 0.05) is 31.9 Å². The highest BCUT2D eigenvalue weighted by atomic mass is 79.9. The molecule has 4 nitrogen and oxygen atoms in total. The number of aromatic nitrogens is 2. The van der Waals surface area contributed by atoms with Crippen molar-refractivity contribution < 1.29 is 9.67 Å². The zero-order valence-electron chi connectivity index (χ0n) is 13.9. The summed E-state index contributed by atoms with van der Waals surface area (Å²) in [7, 11) is 0. The molecule has 0 amide bonds. The van der Waals surface area contributed by atoms with Crippen LogP contribution in [0.1, 0.15) is 6.17 Å². The number of aliphatic hydroxyl groups is 1. The van der Waals surface area contributed by atoms with Gasteiger partial charge >= 0.3 is 0 Å². The van der Waals surface area contributed by atoms with E-state index < -0.39 is 12.3 Å². The lowest BCUT2D eigenvalue weighted by atomic mass is 10.2. The molecule has 0 aliphatic carbocycles. The number of hydrogen-bond acceptors (Lipinski definition) is 2. The van der Waals surface area contributed by atoms with Crippen LogP contribution < -0.4 is 10.3 Å². The molecule has 4 aromatic rings. The van der Waals surface area contributed by atoms with Gasteiger partial charge in [-0.2, -0.15) is 0 Å². The zero-order valence-corrected chi connectivity index (χ0v) is 17.1. The molecule has 0 fully saturated rings. The number of fused-ring (bicyclic) bond motifs is 3. The molecule has 0 saturated heterocycles. The molecule has 0 aliphatic heterocycles. The van der Waals surface area contributed by atoms with E-state index in [1.165, 1.54) is 0 Å². The summed E-state index contributed by atoms with van der Waals surface area (Å²) in [6.45, 7) is 0.427. The number of nitrogens with zero attached hydrogens (tertiary/aromatic N) is 2. The van der Waals surface area contributed by atoms with Gasteiger partial charge in [0.25, 0.3) is 0 Å². The molecular formula is C20H18Br2N3O+. The standard InChI is InChI=1S/C20H18Br2N3O/c21-13-4-6-17-15(10-13)16-11-14(22)5-7-18(16)25(17)20(23)19(26)12-24-8-2-1-3-9-24/h1-11,19-20,26H,12,23H2/q+1. The van der Waals surface area contributed by atoms with Gasteiger partial charge in [-0.15, -0.1) is 0 Å². The van der Waals surface area contributed by atoms with Crippen molar-refractivity contribution in [3.63, 3.8) is 0 Å². The predicted molar refractivity (Wildman–Crippen MR) is 111 cm³/mol. The van der Waals surface area contributed by atoms with E-state index in [2.05, 4.69) is 44.0 Å². The predicted octanol–water partition coefficient (Wildman–Crippen LogP) is 4.13. The minimum Gasteiger partial charge on any atom is -0.383 e. The van der Waals surface area contributed by atoms with E-state index >= 15 is 0 Å². The van der Waals surface area contributed by atoms with Crippen LogP contribution in [0.2, 0.25) is 0 Å². The molecule has 2 aromatic carbocycles. The number of aliphatic hydroxyl groups excluding tert-OH is 1. The van der Waals surface area contributed by atoms with E-state index in [9.17, 15) is 5.11 Å². The van der Waals surface area contributed by atoms with Crippen molar-refractivity contribution >= 4 is 53.7 Å². The summed E-state index contributed by atoms with van der Waals surface area (Å²) >= 11 is 7.10. The quantitative estimate of drug-likeness (QED) is 0.436. The summed E-state index contributed by atoms with van der Waals surface area (Å²) in [5, 5.41) is 13.0. The third-order valence-corrected chi connectivity index (χ3v) is 5.58. The Morgan fingerprint density at radius 1 is 0.923 bits per heavy atom. The first-order valence-electron chi connectivity index (χ1n) is 8.31. The topological polar surface area (TPSA) is 55.1 Å². The van der Waals surface area contributed by atoms with E-state index in [-0.39, 0.29) is 0 Å². The summed E-state index contributed by atoms with van der Waals surface area (Å²) in [5.41, 5.74) is 8.53. The summed E-state index contributed by atoms with van der Waals surface area (Å²) in [6.07, 6.45) is 2.56. The van der Waals surface area contributed by atoms with Crippen molar-refractivity contribution in [3.05, 3.63) is 75.9 Å². The Labute approximate surface area is 168 Å². The van der Waals surface area contributed by atoms with Crippen LogP contribution in [0.25, 0.3) is 21.8 Å². The molecule has 6 heteroatoms. The lowest BCUT2D eigenvalue weighted by Gasteiger charge is -2.20. The summed E-state index contributed by atoms with van der Waals surface area (Å²) in [5.74, 6) is 0. The van der Waals surface area contributed by atoms with Crippen LogP contribution in [0.5, 0.6) is 0 Å². The molecule has 0 spiro atoms. The van der Waals surface area contributed by atoms with E-state index in [4.69, 9.17) is 5.73 Å². The second-order valence-electron chi connectivity index (χ2n) is 6.32. The van der Waals surface area contributed by atoms with Crippen LogP contribution in [-0.4, -0.2) is 15.8 Å². The minimum absolute atomic E-state index is 0.427. The molecule has 0 bridgehead atoms. The molecule has 132 valence electrons. The van der Waals surface area contributed by atoms with E-state index in [0.29, 0.717) is 6.54 Å². The maximum absolute atomic E-state index is 10.8. The fourth-order valence-electron chi connectivity index (χ4n) is 3.37. The van der Waals surface area contributed by atoms with Gasteiger partial charge in [-0.05, 0) is 36.4 Å². The van der Waals surface area contributed by atoms with Gasteiger partial charge < -0.3 is 15.4 Å². The van der Waals surface area contributed by atoms with E-state index in [1.54, 1.807) is 0 Å². The smallest absolute Gasteiger partial charge is 0.177 e. The Bertz CT molecular complexity index is 1020. The molecule has 2 aromatic heterocycles. The fourth-order valence-corrected chi connectivity index (χ4v) is 4.09. The zero-order chi connectivity index (χ0) is 18.3. The lowest BCUT2D eigenvalue weighted by Crippen LogP contribution is -2.45. The molecule has 0 saturated carbocycles. The Hall–Kier alpha value is -1.73. The minimum atomic E-state index is -0.728. The molecule has 3 N–H and O–H groups in total. The van der Waals surface area contributed by atoms with E-state index in [1.807, 2.05) is 64.0 Å². The van der Waals surface area contributed by atoms with E-state index in [0.717, 1.165) is 30.8 Å². The highest BCUT2D eigenvalue weighted by molar-refractivity contribution is 9.10. The largest absolute Gasteiger partial charge is 0.383 e. The molecule has 2 atom stereocenters. The Kier molecular flexibility index (Phi) is 4.84. The number of rotatable bonds is 4. The van der Waals surface area contributed by atoms with Gasteiger partial charge in [-0.1, -0.05) is 37.9 Å². The first-order chi connectivity index (χ1) is 12.5. The molecule has 2 heterocycles. The molecule has 26 heavy (non-hydrogen) atoms. The van der Waals surface area contributed by atoms with Crippen molar-refractivity contribution in [1.29, 1.82) is 0 Å². The van der Waals surface area contributed by atoms with Crippen LogP contribution in [0.4, 0.5) is 0 Å². The average molecular weight is 476 g/mol. The van der Waals surface area contributed by atoms with Crippen molar-refractivity contribution in [2.45, 2.75) is 18.8 Å². The normalized spacial score (nSPS) is 14.0. The summed E-state index contributed by atoms with van der Waals surface area (Å²) < 4.78 is 5.99. The average Bonchev–Trinajstić information content (AvgIpc) is 2.95. The third kappa shape index (κ3) is 3.18. The molecule has 0 radical (unpaired) electrons. The molecule has 2 unspecified atom stereocenters. The number of nitrogens with two attached hydrogens (primary N) is 1. The molecule has 4 rings (SSSR count). The van der Waals surface area contributed by atoms with Gasteiger partial charge in [-0.25, -0.2) is 4.57 Å². The first kappa shape index (κ1) is 17.7. The second-order valence-corrected chi connectivity index (χ2v) is 8.15. The van der Waals surface area contributed by atoms with Gasteiger partial charge in [-0.3, -0.25) is 0 Å². The highest BCUT2D eigenvalue weighted by Crippen LogP contribution is 2.34. The third-order valence-electron chi connectivity index (χ3n) is 4.59. The summed E-state index contributed by atoms with van der Waals surface area (Å²) in [4.78, 5) is 0. The fraction of sp³-hybridized carbons (Fsp3) is 0.150. The second kappa shape index (κ2) is 7.12. The molecule has 0 aliphatic rings. The molecular weight excluding hydrogens is 458 g/mol. The van der Waals surface area contributed by atoms with Gasteiger partial charge in [0.05, 0.1) is 11.0 Å². The number of halogens is 2. The number of pyridine rings is 1. The van der Waals surface area contributed by atoms with Crippen LogP contribution in [0.3, 0.4) is 0 Å². The Balaban J connectivity index is 1.83. The van der Waals surface area contributed by atoms with Gasteiger partial charge in [0.1, 0.15) is 12.3 Å². The number of hydrogen-bond donors (Lipinski definition) is 2.